The van der Waals surface area contributed by atoms with Crippen LogP contribution < -0.4 is 0 Å². The summed E-state index contributed by atoms with van der Waals surface area (Å²) in [5.74, 6) is 0.731. The van der Waals surface area contributed by atoms with Gasteiger partial charge in [-0.25, -0.2) is 0 Å². The Hall–Kier alpha value is -1.31. The van der Waals surface area contributed by atoms with Crippen molar-refractivity contribution in [2.45, 2.75) is 46.5 Å². The van der Waals surface area contributed by atoms with E-state index in [1.54, 1.807) is 0 Å². The lowest BCUT2D eigenvalue weighted by molar-refractivity contribution is 0.0719. The van der Waals surface area contributed by atoms with Crippen LogP contribution in [0.1, 0.15) is 56.1 Å². The van der Waals surface area contributed by atoms with Crippen LogP contribution in [0, 0.1) is 5.92 Å². The smallest absolute Gasteiger partial charge is 0.254 e. The number of nitrogens with zero attached hydrogens (tertiary/aromatic N) is 1. The second-order valence-corrected chi connectivity index (χ2v) is 7.02. The summed E-state index contributed by atoms with van der Waals surface area (Å²) in [6.45, 7) is 12.7. The third-order valence-electron chi connectivity index (χ3n) is 3.73. The zero-order valence-electron chi connectivity index (χ0n) is 12.8. The summed E-state index contributed by atoms with van der Waals surface area (Å²) in [6, 6.07) is 6.35. The van der Waals surface area contributed by atoms with E-state index in [2.05, 4.69) is 46.8 Å². The lowest BCUT2D eigenvalue weighted by Gasteiger charge is -2.31. The van der Waals surface area contributed by atoms with Crippen LogP contribution in [-0.2, 0) is 11.8 Å². The van der Waals surface area contributed by atoms with Crippen molar-refractivity contribution in [3.05, 3.63) is 34.9 Å². The largest absolute Gasteiger partial charge is 0.338 e. The van der Waals surface area contributed by atoms with Crippen molar-refractivity contribution in [3.63, 3.8) is 0 Å². The summed E-state index contributed by atoms with van der Waals surface area (Å²) in [4.78, 5) is 14.4. The molecule has 1 aliphatic rings. The van der Waals surface area contributed by atoms with Crippen LogP contribution in [0.5, 0.6) is 0 Å². The van der Waals surface area contributed by atoms with Gasteiger partial charge in [-0.2, -0.15) is 0 Å². The summed E-state index contributed by atoms with van der Waals surface area (Å²) in [5, 5.41) is 0. The van der Waals surface area contributed by atoms with Crippen molar-refractivity contribution in [1.29, 1.82) is 0 Å². The summed E-state index contributed by atoms with van der Waals surface area (Å²) in [7, 11) is 0. The van der Waals surface area contributed by atoms with Gasteiger partial charge in [0, 0.05) is 18.7 Å². The Bertz CT molecular complexity index is 483. The Morgan fingerprint density at radius 3 is 2.53 bits per heavy atom. The van der Waals surface area contributed by atoms with E-state index >= 15 is 0 Å². The van der Waals surface area contributed by atoms with Crippen LogP contribution in [0.4, 0.5) is 0 Å². The van der Waals surface area contributed by atoms with Crippen molar-refractivity contribution < 1.29 is 4.79 Å². The van der Waals surface area contributed by atoms with E-state index in [9.17, 15) is 4.79 Å². The summed E-state index contributed by atoms with van der Waals surface area (Å²) < 4.78 is 0. The van der Waals surface area contributed by atoms with E-state index in [0.29, 0.717) is 5.92 Å². The first-order valence-corrected chi connectivity index (χ1v) is 7.21. The van der Waals surface area contributed by atoms with Crippen LogP contribution >= 0.6 is 0 Å². The molecule has 1 heterocycles. The molecular formula is C17H25NO. The quantitative estimate of drug-likeness (QED) is 0.794. The Morgan fingerprint density at radius 2 is 1.95 bits per heavy atom. The van der Waals surface area contributed by atoms with Crippen molar-refractivity contribution in [2.24, 2.45) is 5.92 Å². The molecule has 0 saturated heterocycles. The molecule has 19 heavy (non-hydrogen) atoms. The SMILES string of the molecule is CC(C)CN1CCc2cc(C(C)(C)C)ccc2C1=O. The molecule has 2 nitrogen and oxygen atoms in total. The van der Waals surface area contributed by atoms with Crippen LogP contribution in [-0.4, -0.2) is 23.9 Å². The first-order chi connectivity index (χ1) is 8.79. The molecular weight excluding hydrogens is 234 g/mol. The Morgan fingerprint density at radius 1 is 1.26 bits per heavy atom. The van der Waals surface area contributed by atoms with Crippen molar-refractivity contribution in [1.82, 2.24) is 4.90 Å². The van der Waals surface area contributed by atoms with Gasteiger partial charge in [0.05, 0.1) is 0 Å². The molecule has 2 heteroatoms. The normalized spacial score (nSPS) is 15.9. The molecule has 104 valence electrons. The summed E-state index contributed by atoms with van der Waals surface area (Å²) >= 11 is 0. The Kier molecular flexibility index (Phi) is 3.71. The molecule has 0 atom stereocenters. The van der Waals surface area contributed by atoms with Gasteiger partial charge in [-0.1, -0.05) is 46.8 Å². The summed E-state index contributed by atoms with van der Waals surface area (Å²) in [6.07, 6.45) is 0.984. The van der Waals surface area contributed by atoms with E-state index in [1.165, 1.54) is 11.1 Å². The number of fused-ring (bicyclic) bond motifs is 1. The Balaban J connectivity index is 2.29. The van der Waals surface area contributed by atoms with Gasteiger partial charge in [-0.05, 0) is 34.9 Å². The maximum atomic E-state index is 12.4. The zero-order chi connectivity index (χ0) is 14.2. The average Bonchev–Trinajstić information content (AvgIpc) is 2.31. The third-order valence-corrected chi connectivity index (χ3v) is 3.73. The Labute approximate surface area is 116 Å². The average molecular weight is 259 g/mol. The molecule has 0 saturated carbocycles. The molecule has 0 aromatic heterocycles. The van der Waals surface area contributed by atoms with E-state index in [1.807, 2.05) is 11.0 Å². The number of benzene rings is 1. The monoisotopic (exact) mass is 259 g/mol. The second-order valence-electron chi connectivity index (χ2n) is 7.02. The topological polar surface area (TPSA) is 20.3 Å². The van der Waals surface area contributed by atoms with Crippen molar-refractivity contribution in [3.8, 4) is 0 Å². The standard InChI is InChI=1S/C17H25NO/c1-12(2)11-18-9-8-13-10-14(17(3,4)5)6-7-15(13)16(18)19/h6-7,10,12H,8-9,11H2,1-5H3. The van der Waals surface area contributed by atoms with Gasteiger partial charge < -0.3 is 4.90 Å². The van der Waals surface area contributed by atoms with Gasteiger partial charge in [0.2, 0.25) is 0 Å². The van der Waals surface area contributed by atoms with Gasteiger partial charge in [0.25, 0.3) is 5.91 Å². The molecule has 0 radical (unpaired) electrons. The first kappa shape index (κ1) is 14.1. The van der Waals surface area contributed by atoms with Crippen molar-refractivity contribution >= 4 is 5.91 Å². The molecule has 1 aromatic carbocycles. The van der Waals surface area contributed by atoms with Crippen LogP contribution in [0.15, 0.2) is 18.2 Å². The lowest BCUT2D eigenvalue weighted by atomic mass is 9.84. The highest BCUT2D eigenvalue weighted by Gasteiger charge is 2.26. The fourth-order valence-corrected chi connectivity index (χ4v) is 2.62. The van der Waals surface area contributed by atoms with Crippen LogP contribution in [0.3, 0.4) is 0 Å². The molecule has 1 aliphatic heterocycles. The van der Waals surface area contributed by atoms with E-state index in [4.69, 9.17) is 0 Å². The van der Waals surface area contributed by atoms with Gasteiger partial charge in [-0.3, -0.25) is 4.79 Å². The second kappa shape index (κ2) is 4.99. The molecule has 0 spiro atoms. The number of carbonyl (C=O) groups is 1. The predicted octanol–water partition coefficient (Wildman–Crippen LogP) is 3.64. The molecule has 1 aromatic rings. The van der Waals surface area contributed by atoms with Crippen LogP contribution in [0.2, 0.25) is 0 Å². The van der Waals surface area contributed by atoms with E-state index in [0.717, 1.165) is 25.1 Å². The van der Waals surface area contributed by atoms with Gasteiger partial charge in [0.15, 0.2) is 0 Å². The minimum Gasteiger partial charge on any atom is -0.338 e. The fraction of sp³-hybridized carbons (Fsp3) is 0.588. The number of amides is 1. The van der Waals surface area contributed by atoms with Gasteiger partial charge in [-0.15, -0.1) is 0 Å². The molecule has 0 unspecified atom stereocenters. The van der Waals surface area contributed by atoms with E-state index in [-0.39, 0.29) is 11.3 Å². The first-order valence-electron chi connectivity index (χ1n) is 7.21. The van der Waals surface area contributed by atoms with Gasteiger partial charge >= 0.3 is 0 Å². The maximum absolute atomic E-state index is 12.4. The van der Waals surface area contributed by atoms with Crippen LogP contribution in [0.25, 0.3) is 0 Å². The molecule has 0 N–H and O–H groups in total. The maximum Gasteiger partial charge on any atom is 0.254 e. The molecule has 1 amide bonds. The number of hydrogen-bond acceptors (Lipinski definition) is 1. The zero-order valence-corrected chi connectivity index (χ0v) is 12.8. The predicted molar refractivity (Wildman–Crippen MR) is 79.6 cm³/mol. The number of carbonyl (C=O) groups excluding carboxylic acids is 1. The highest BCUT2D eigenvalue weighted by atomic mass is 16.2. The molecule has 2 rings (SSSR count). The third kappa shape index (κ3) is 2.99. The number of rotatable bonds is 2. The summed E-state index contributed by atoms with van der Waals surface area (Å²) in [5.41, 5.74) is 3.58. The highest BCUT2D eigenvalue weighted by molar-refractivity contribution is 5.96. The lowest BCUT2D eigenvalue weighted by Crippen LogP contribution is -2.39. The molecule has 0 bridgehead atoms. The molecule has 0 fully saturated rings. The van der Waals surface area contributed by atoms with Crippen molar-refractivity contribution in [2.75, 3.05) is 13.1 Å². The minimum absolute atomic E-state index is 0.146. The number of hydrogen-bond donors (Lipinski definition) is 0. The fourth-order valence-electron chi connectivity index (χ4n) is 2.62. The molecule has 0 aliphatic carbocycles. The highest BCUT2D eigenvalue weighted by Crippen LogP contribution is 2.27. The minimum atomic E-state index is 0.146. The van der Waals surface area contributed by atoms with Gasteiger partial charge in [0.1, 0.15) is 0 Å². The van der Waals surface area contributed by atoms with E-state index < -0.39 is 0 Å².